The van der Waals surface area contributed by atoms with Crippen molar-refractivity contribution in [2.24, 2.45) is 0 Å². The van der Waals surface area contributed by atoms with Gasteiger partial charge in [-0.25, -0.2) is 0 Å². The Morgan fingerprint density at radius 1 is 1.00 bits per heavy atom. The molecule has 1 aliphatic rings. The molecule has 1 heterocycles. The standard InChI is InChI=1S/C26H27N3O3/c1-17-8-6-11-21(18(17)2)28-22-10-5-4-9-20(22)26(31)27-19-13-14-23(24(16-19)32-3)29-15-7-12-25(29)30/h4-6,8-11,13-14,16,28H,7,12,15H2,1-3H3,(H,27,31). The number of nitrogens with one attached hydrogen (secondary N) is 2. The zero-order valence-electron chi connectivity index (χ0n) is 18.6. The highest BCUT2D eigenvalue weighted by atomic mass is 16.5. The summed E-state index contributed by atoms with van der Waals surface area (Å²) in [6.07, 6.45) is 1.39. The van der Waals surface area contributed by atoms with E-state index in [1.807, 2.05) is 36.4 Å². The van der Waals surface area contributed by atoms with E-state index in [4.69, 9.17) is 4.74 Å². The fourth-order valence-electron chi connectivity index (χ4n) is 3.90. The van der Waals surface area contributed by atoms with Crippen LogP contribution in [0.2, 0.25) is 0 Å². The maximum absolute atomic E-state index is 13.1. The average molecular weight is 430 g/mol. The molecule has 4 rings (SSSR count). The minimum atomic E-state index is -0.231. The number of rotatable bonds is 6. The molecule has 0 aliphatic carbocycles. The first-order chi connectivity index (χ1) is 15.5. The number of carbonyl (C=O) groups is 2. The van der Waals surface area contributed by atoms with Gasteiger partial charge in [-0.2, -0.15) is 0 Å². The molecule has 3 aromatic rings. The summed E-state index contributed by atoms with van der Waals surface area (Å²) in [4.78, 5) is 27.0. The SMILES string of the molecule is COc1cc(NC(=O)c2ccccc2Nc2cccc(C)c2C)ccc1N1CCCC1=O. The molecular weight excluding hydrogens is 402 g/mol. The van der Waals surface area contributed by atoms with Crippen LogP contribution in [-0.4, -0.2) is 25.5 Å². The quantitative estimate of drug-likeness (QED) is 0.548. The molecule has 1 saturated heterocycles. The molecule has 164 valence electrons. The Hall–Kier alpha value is -3.80. The molecule has 2 N–H and O–H groups in total. The summed E-state index contributed by atoms with van der Waals surface area (Å²) in [6, 6.07) is 18.8. The molecule has 6 heteroatoms. The normalized spacial score (nSPS) is 13.2. The maximum atomic E-state index is 13.1. The molecule has 1 fully saturated rings. The Bertz CT molecular complexity index is 1170. The lowest BCUT2D eigenvalue weighted by Crippen LogP contribution is -2.24. The van der Waals surface area contributed by atoms with Gasteiger partial charge in [-0.1, -0.05) is 24.3 Å². The number of carbonyl (C=O) groups excluding carboxylic acids is 2. The fourth-order valence-corrected chi connectivity index (χ4v) is 3.90. The zero-order valence-corrected chi connectivity index (χ0v) is 18.6. The molecule has 0 saturated carbocycles. The van der Waals surface area contributed by atoms with Crippen LogP contribution in [0.1, 0.15) is 34.3 Å². The van der Waals surface area contributed by atoms with Crippen LogP contribution >= 0.6 is 0 Å². The van der Waals surface area contributed by atoms with Crippen molar-refractivity contribution in [1.82, 2.24) is 0 Å². The first-order valence-electron chi connectivity index (χ1n) is 10.7. The minimum Gasteiger partial charge on any atom is -0.494 e. The van der Waals surface area contributed by atoms with E-state index in [9.17, 15) is 9.59 Å². The minimum absolute atomic E-state index is 0.0894. The van der Waals surface area contributed by atoms with E-state index in [1.54, 1.807) is 30.2 Å². The van der Waals surface area contributed by atoms with Gasteiger partial charge >= 0.3 is 0 Å². The molecule has 0 unspecified atom stereocenters. The molecule has 1 aliphatic heterocycles. The molecular formula is C26H27N3O3. The third-order valence-corrected chi connectivity index (χ3v) is 5.85. The van der Waals surface area contributed by atoms with E-state index < -0.39 is 0 Å². The van der Waals surface area contributed by atoms with Gasteiger partial charge < -0.3 is 20.3 Å². The zero-order chi connectivity index (χ0) is 22.7. The van der Waals surface area contributed by atoms with E-state index in [0.717, 1.165) is 29.0 Å². The van der Waals surface area contributed by atoms with Crippen molar-refractivity contribution < 1.29 is 14.3 Å². The summed E-state index contributed by atoms with van der Waals surface area (Å²) < 4.78 is 5.50. The summed E-state index contributed by atoms with van der Waals surface area (Å²) in [5, 5.41) is 6.34. The molecule has 0 bridgehead atoms. The van der Waals surface area contributed by atoms with Crippen molar-refractivity contribution in [2.75, 3.05) is 29.2 Å². The Morgan fingerprint density at radius 3 is 2.53 bits per heavy atom. The number of hydrogen-bond donors (Lipinski definition) is 2. The summed E-state index contributed by atoms with van der Waals surface area (Å²) >= 11 is 0. The molecule has 32 heavy (non-hydrogen) atoms. The highest BCUT2D eigenvalue weighted by Crippen LogP contribution is 2.34. The smallest absolute Gasteiger partial charge is 0.257 e. The van der Waals surface area contributed by atoms with E-state index in [2.05, 4.69) is 30.5 Å². The highest BCUT2D eigenvalue weighted by molar-refractivity contribution is 6.08. The van der Waals surface area contributed by atoms with Gasteiger partial charge in [0.05, 0.1) is 24.0 Å². The predicted molar refractivity (Wildman–Crippen MR) is 128 cm³/mol. The monoisotopic (exact) mass is 429 g/mol. The van der Waals surface area contributed by atoms with Gasteiger partial charge in [0.15, 0.2) is 0 Å². The van der Waals surface area contributed by atoms with Crippen molar-refractivity contribution in [3.8, 4) is 5.75 Å². The lowest BCUT2D eigenvalue weighted by atomic mass is 10.1. The van der Waals surface area contributed by atoms with Crippen LogP contribution in [0.4, 0.5) is 22.7 Å². The molecule has 3 aromatic carbocycles. The van der Waals surface area contributed by atoms with Gasteiger partial charge in [0.2, 0.25) is 5.91 Å². The number of para-hydroxylation sites is 1. The largest absolute Gasteiger partial charge is 0.494 e. The lowest BCUT2D eigenvalue weighted by molar-refractivity contribution is -0.117. The number of anilines is 4. The first-order valence-corrected chi connectivity index (χ1v) is 10.7. The summed E-state index contributed by atoms with van der Waals surface area (Å²) in [7, 11) is 1.56. The number of ether oxygens (including phenoxy) is 1. The number of amides is 2. The van der Waals surface area contributed by atoms with Crippen LogP contribution in [0.25, 0.3) is 0 Å². The molecule has 6 nitrogen and oxygen atoms in total. The van der Waals surface area contributed by atoms with Gasteiger partial charge in [0.25, 0.3) is 5.91 Å². The second-order valence-electron chi connectivity index (χ2n) is 7.91. The molecule has 0 atom stereocenters. The Balaban J connectivity index is 1.57. The summed E-state index contributed by atoms with van der Waals surface area (Å²) in [5.41, 5.74) is 5.87. The Morgan fingerprint density at radius 2 is 1.78 bits per heavy atom. The summed E-state index contributed by atoms with van der Waals surface area (Å²) in [6.45, 7) is 4.80. The van der Waals surface area contributed by atoms with Crippen LogP contribution in [0.3, 0.4) is 0 Å². The van der Waals surface area contributed by atoms with Gasteiger partial charge in [0, 0.05) is 30.4 Å². The third-order valence-electron chi connectivity index (χ3n) is 5.85. The van der Waals surface area contributed by atoms with E-state index in [0.29, 0.717) is 30.0 Å². The van der Waals surface area contributed by atoms with Crippen LogP contribution in [0.15, 0.2) is 60.7 Å². The van der Waals surface area contributed by atoms with Crippen LogP contribution in [0, 0.1) is 13.8 Å². The maximum Gasteiger partial charge on any atom is 0.257 e. The van der Waals surface area contributed by atoms with Crippen LogP contribution < -0.4 is 20.3 Å². The van der Waals surface area contributed by atoms with Crippen LogP contribution in [-0.2, 0) is 4.79 Å². The first kappa shape index (κ1) is 21.4. The average Bonchev–Trinajstić information content (AvgIpc) is 3.22. The summed E-state index contributed by atoms with van der Waals surface area (Å²) in [5.74, 6) is 0.414. The van der Waals surface area contributed by atoms with E-state index in [1.165, 1.54) is 5.56 Å². The number of benzene rings is 3. The Kier molecular flexibility index (Phi) is 6.12. The Labute approximate surface area is 188 Å². The molecule has 0 spiro atoms. The lowest BCUT2D eigenvalue weighted by Gasteiger charge is -2.20. The van der Waals surface area contributed by atoms with Crippen molar-refractivity contribution in [1.29, 1.82) is 0 Å². The topological polar surface area (TPSA) is 70.7 Å². The molecule has 0 aromatic heterocycles. The predicted octanol–water partition coefficient (Wildman–Crippen LogP) is 5.43. The van der Waals surface area contributed by atoms with Crippen molar-refractivity contribution in [3.05, 3.63) is 77.4 Å². The number of methoxy groups -OCH3 is 1. The highest BCUT2D eigenvalue weighted by Gasteiger charge is 2.24. The van der Waals surface area contributed by atoms with Crippen LogP contribution in [0.5, 0.6) is 5.75 Å². The van der Waals surface area contributed by atoms with Crippen molar-refractivity contribution >= 4 is 34.6 Å². The van der Waals surface area contributed by atoms with Gasteiger partial charge in [-0.05, 0) is 61.7 Å². The second-order valence-corrected chi connectivity index (χ2v) is 7.91. The molecule has 0 radical (unpaired) electrons. The van der Waals surface area contributed by atoms with Crippen molar-refractivity contribution in [3.63, 3.8) is 0 Å². The number of nitrogens with zero attached hydrogens (tertiary/aromatic N) is 1. The van der Waals surface area contributed by atoms with Gasteiger partial charge in [-0.3, -0.25) is 9.59 Å². The third kappa shape index (κ3) is 4.30. The van der Waals surface area contributed by atoms with E-state index in [-0.39, 0.29) is 11.8 Å². The van der Waals surface area contributed by atoms with Gasteiger partial charge in [-0.15, -0.1) is 0 Å². The number of hydrogen-bond acceptors (Lipinski definition) is 4. The second kappa shape index (κ2) is 9.14. The fraction of sp³-hybridized carbons (Fsp3) is 0.231. The van der Waals surface area contributed by atoms with E-state index >= 15 is 0 Å². The molecule has 2 amide bonds. The van der Waals surface area contributed by atoms with Crippen molar-refractivity contribution in [2.45, 2.75) is 26.7 Å². The number of aryl methyl sites for hydroxylation is 1. The van der Waals surface area contributed by atoms with Gasteiger partial charge in [0.1, 0.15) is 5.75 Å².